The second kappa shape index (κ2) is 5.80. The number of Topliss-reactive ketones (excluding diaryl/α,β-unsaturated/α-hetero) is 1. The van der Waals surface area contributed by atoms with Crippen LogP contribution in [0.15, 0.2) is 42.5 Å². The molecule has 3 nitrogen and oxygen atoms in total. The number of carbonyl (C=O) groups is 2. The third kappa shape index (κ3) is 4.07. The van der Waals surface area contributed by atoms with Gasteiger partial charge in [0.1, 0.15) is 5.75 Å². The third-order valence-electron chi connectivity index (χ3n) is 2.20. The lowest BCUT2D eigenvalue weighted by Crippen LogP contribution is -2.02. The number of allylic oxidation sites excluding steroid dienone is 1. The molecule has 88 valence electrons. The Morgan fingerprint density at radius 2 is 1.76 bits per heavy atom. The molecule has 0 fully saturated rings. The van der Waals surface area contributed by atoms with Crippen molar-refractivity contribution in [1.82, 2.24) is 0 Å². The molecule has 0 amide bonds. The van der Waals surface area contributed by atoms with E-state index in [2.05, 4.69) is 6.58 Å². The van der Waals surface area contributed by atoms with Crippen molar-refractivity contribution in [2.24, 2.45) is 0 Å². The highest BCUT2D eigenvalue weighted by molar-refractivity contribution is 5.97. The molecule has 3 heteroatoms. The van der Waals surface area contributed by atoms with Gasteiger partial charge in [-0.1, -0.05) is 18.7 Å². The third-order valence-corrected chi connectivity index (χ3v) is 2.20. The number of hydrogen-bond donors (Lipinski definition) is 0. The number of rotatable bonds is 4. The van der Waals surface area contributed by atoms with Gasteiger partial charge in [-0.25, -0.2) is 4.79 Å². The molecule has 1 rings (SSSR count). The molecule has 17 heavy (non-hydrogen) atoms. The molecule has 0 aliphatic heterocycles. The quantitative estimate of drug-likeness (QED) is 0.454. The lowest BCUT2D eigenvalue weighted by atomic mass is 10.1. The Hall–Kier alpha value is -2.16. The first-order valence-corrected chi connectivity index (χ1v) is 5.16. The Kier molecular flexibility index (Phi) is 4.40. The Morgan fingerprint density at radius 1 is 1.18 bits per heavy atom. The topological polar surface area (TPSA) is 43.4 Å². The van der Waals surface area contributed by atoms with Crippen LogP contribution in [-0.4, -0.2) is 11.8 Å². The molecule has 0 heterocycles. The van der Waals surface area contributed by atoms with Crippen LogP contribution < -0.4 is 4.74 Å². The van der Waals surface area contributed by atoms with Crippen molar-refractivity contribution in [2.75, 3.05) is 0 Å². The smallest absolute Gasteiger partial charge is 0.335 e. The fraction of sp³-hybridized carbons (Fsp3) is 0.143. The van der Waals surface area contributed by atoms with Crippen LogP contribution in [0, 0.1) is 0 Å². The Morgan fingerprint density at radius 3 is 2.24 bits per heavy atom. The van der Waals surface area contributed by atoms with Gasteiger partial charge < -0.3 is 4.74 Å². The maximum Gasteiger partial charge on any atom is 0.335 e. The molecule has 0 N–H and O–H groups in total. The van der Waals surface area contributed by atoms with E-state index in [1.807, 2.05) is 0 Å². The zero-order valence-electron chi connectivity index (χ0n) is 9.90. The Balaban J connectivity index is 2.81. The van der Waals surface area contributed by atoms with Crippen molar-refractivity contribution >= 4 is 17.8 Å². The van der Waals surface area contributed by atoms with Crippen LogP contribution in [0.5, 0.6) is 5.75 Å². The molecule has 0 unspecified atom stereocenters. The van der Waals surface area contributed by atoms with E-state index in [9.17, 15) is 9.59 Å². The molecule has 0 saturated heterocycles. The van der Waals surface area contributed by atoms with E-state index in [-0.39, 0.29) is 5.78 Å². The van der Waals surface area contributed by atoms with Crippen molar-refractivity contribution in [3.63, 3.8) is 0 Å². The minimum absolute atomic E-state index is 0.0344. The number of esters is 1. The lowest BCUT2D eigenvalue weighted by Gasteiger charge is -2.01. The average Bonchev–Trinajstić information content (AvgIpc) is 2.31. The molecule has 0 radical (unpaired) electrons. The zero-order valence-corrected chi connectivity index (χ0v) is 9.90. The SMILES string of the molecule is C=CC(=O)Oc1ccc(/C=C(\C)C(C)=O)cc1. The van der Waals surface area contributed by atoms with Gasteiger partial charge in [-0.15, -0.1) is 0 Å². The van der Waals surface area contributed by atoms with Crippen molar-refractivity contribution in [2.45, 2.75) is 13.8 Å². The molecule has 0 aliphatic carbocycles. The molecule has 0 bridgehead atoms. The van der Waals surface area contributed by atoms with E-state index >= 15 is 0 Å². The van der Waals surface area contributed by atoms with E-state index in [4.69, 9.17) is 4.74 Å². The lowest BCUT2D eigenvalue weighted by molar-refractivity contribution is -0.129. The van der Waals surface area contributed by atoms with Gasteiger partial charge in [-0.2, -0.15) is 0 Å². The van der Waals surface area contributed by atoms with E-state index in [1.165, 1.54) is 6.92 Å². The molecule has 0 atom stereocenters. The van der Waals surface area contributed by atoms with Crippen molar-refractivity contribution in [3.8, 4) is 5.75 Å². The summed E-state index contributed by atoms with van der Waals surface area (Å²) in [5, 5.41) is 0. The van der Waals surface area contributed by atoms with Gasteiger partial charge in [0.25, 0.3) is 0 Å². The summed E-state index contributed by atoms with van der Waals surface area (Å²) in [5.41, 5.74) is 1.57. The molecule has 0 spiro atoms. The standard InChI is InChI=1S/C14H14O3/c1-4-14(16)17-13-7-5-12(6-8-13)9-10(2)11(3)15/h4-9H,1H2,2-3H3/b10-9+. The van der Waals surface area contributed by atoms with Crippen LogP contribution in [0.1, 0.15) is 19.4 Å². The highest BCUT2D eigenvalue weighted by Gasteiger charge is 2.00. The van der Waals surface area contributed by atoms with Gasteiger partial charge in [0.05, 0.1) is 0 Å². The van der Waals surface area contributed by atoms with Gasteiger partial charge in [-0.3, -0.25) is 4.79 Å². The number of benzene rings is 1. The molecule has 0 aromatic heterocycles. The maximum atomic E-state index is 11.1. The molecule has 1 aromatic rings. The second-order valence-corrected chi connectivity index (χ2v) is 3.58. The Bertz CT molecular complexity index is 467. The summed E-state index contributed by atoms with van der Waals surface area (Å²) in [5.74, 6) is -0.00658. The van der Waals surface area contributed by atoms with E-state index in [1.54, 1.807) is 37.3 Å². The van der Waals surface area contributed by atoms with E-state index in [0.717, 1.165) is 11.6 Å². The van der Waals surface area contributed by atoms with Gasteiger partial charge in [0.2, 0.25) is 0 Å². The minimum Gasteiger partial charge on any atom is -0.423 e. The number of hydrogen-bond acceptors (Lipinski definition) is 3. The summed E-state index contributed by atoms with van der Waals surface area (Å²) in [7, 11) is 0. The molecule has 0 saturated carbocycles. The largest absolute Gasteiger partial charge is 0.423 e. The van der Waals surface area contributed by atoms with Crippen LogP contribution in [0.4, 0.5) is 0 Å². The molecule has 0 aliphatic rings. The predicted molar refractivity (Wildman–Crippen MR) is 66.6 cm³/mol. The predicted octanol–water partition coefficient (Wildman–Crippen LogP) is 2.77. The van der Waals surface area contributed by atoms with Gasteiger partial charge in [0.15, 0.2) is 5.78 Å². The zero-order chi connectivity index (χ0) is 12.8. The first kappa shape index (κ1) is 12.9. The fourth-order valence-electron chi connectivity index (χ4n) is 1.14. The molecule has 1 aromatic carbocycles. The van der Waals surface area contributed by atoms with Crippen LogP contribution in [-0.2, 0) is 9.59 Å². The fourth-order valence-corrected chi connectivity index (χ4v) is 1.14. The molecular formula is C14H14O3. The normalized spacial score (nSPS) is 10.8. The van der Waals surface area contributed by atoms with E-state index in [0.29, 0.717) is 11.3 Å². The van der Waals surface area contributed by atoms with Crippen LogP contribution >= 0.6 is 0 Å². The molecular weight excluding hydrogens is 216 g/mol. The maximum absolute atomic E-state index is 11.1. The highest BCUT2D eigenvalue weighted by atomic mass is 16.5. The summed E-state index contributed by atoms with van der Waals surface area (Å²) in [6.07, 6.45) is 2.88. The number of ether oxygens (including phenoxy) is 1. The Labute approximate surface area is 100 Å². The van der Waals surface area contributed by atoms with Gasteiger partial charge >= 0.3 is 5.97 Å². The van der Waals surface area contributed by atoms with Gasteiger partial charge in [0, 0.05) is 6.08 Å². The van der Waals surface area contributed by atoms with Crippen molar-refractivity contribution < 1.29 is 14.3 Å². The van der Waals surface area contributed by atoms with Gasteiger partial charge in [-0.05, 0) is 43.2 Å². The second-order valence-electron chi connectivity index (χ2n) is 3.58. The monoisotopic (exact) mass is 230 g/mol. The first-order chi connectivity index (χ1) is 8.02. The average molecular weight is 230 g/mol. The summed E-state index contributed by atoms with van der Waals surface area (Å²) in [6.45, 7) is 6.59. The van der Waals surface area contributed by atoms with E-state index < -0.39 is 5.97 Å². The van der Waals surface area contributed by atoms with Crippen molar-refractivity contribution in [1.29, 1.82) is 0 Å². The summed E-state index contributed by atoms with van der Waals surface area (Å²) in [6, 6.07) is 6.89. The number of carbonyl (C=O) groups excluding carboxylic acids is 2. The highest BCUT2D eigenvalue weighted by Crippen LogP contribution is 2.15. The first-order valence-electron chi connectivity index (χ1n) is 5.16. The van der Waals surface area contributed by atoms with Crippen molar-refractivity contribution in [3.05, 3.63) is 48.1 Å². The number of ketones is 1. The summed E-state index contributed by atoms with van der Waals surface area (Å²) in [4.78, 5) is 22.0. The van der Waals surface area contributed by atoms with Crippen LogP contribution in [0.25, 0.3) is 6.08 Å². The summed E-state index contributed by atoms with van der Waals surface area (Å²) < 4.78 is 4.93. The minimum atomic E-state index is -0.492. The van der Waals surface area contributed by atoms with Crippen LogP contribution in [0.3, 0.4) is 0 Å². The summed E-state index contributed by atoms with van der Waals surface area (Å²) >= 11 is 0. The van der Waals surface area contributed by atoms with Crippen LogP contribution in [0.2, 0.25) is 0 Å².